The van der Waals surface area contributed by atoms with Crippen molar-refractivity contribution in [1.82, 2.24) is 30.9 Å². The number of benzene rings is 2. The number of para-hydroxylation sites is 1. The molecule has 0 bridgehead atoms. The third kappa shape index (κ3) is 8.51. The lowest BCUT2D eigenvalue weighted by Crippen LogP contribution is -2.58. The quantitative estimate of drug-likeness (QED) is 0.0929. The number of nitrogens with zero attached hydrogens (tertiary/aromatic N) is 1. The molecule has 4 unspecified atom stereocenters. The Labute approximate surface area is 251 Å². The van der Waals surface area contributed by atoms with E-state index in [0.29, 0.717) is 11.3 Å². The number of carboxylic acid groups (broad SMARTS) is 2. The van der Waals surface area contributed by atoms with Gasteiger partial charge in [-0.2, -0.15) is 0 Å². The number of aliphatic carboxylic acids is 2. The number of hydrogen-bond acceptors (Lipinski definition) is 7. The average molecular weight is 604 g/mol. The Morgan fingerprint density at radius 1 is 0.773 bits per heavy atom. The summed E-state index contributed by atoms with van der Waals surface area (Å²) in [5.41, 5.74) is 8.92. The number of carboxylic acids is 2. The Kier molecular flexibility index (Phi) is 10.4. The van der Waals surface area contributed by atoms with Crippen LogP contribution in [-0.2, 0) is 43.2 Å². The van der Waals surface area contributed by atoms with Gasteiger partial charge in [0.15, 0.2) is 0 Å². The van der Waals surface area contributed by atoms with Gasteiger partial charge < -0.3 is 41.9 Å². The van der Waals surface area contributed by atoms with Crippen molar-refractivity contribution in [1.29, 1.82) is 0 Å². The number of rotatable bonds is 15. The minimum absolute atomic E-state index is 0.0200. The monoisotopic (exact) mass is 603 g/mol. The summed E-state index contributed by atoms with van der Waals surface area (Å²) < 4.78 is 0. The molecule has 0 aliphatic heterocycles. The van der Waals surface area contributed by atoms with Crippen molar-refractivity contribution < 1.29 is 34.2 Å². The molecule has 9 N–H and O–H groups in total. The summed E-state index contributed by atoms with van der Waals surface area (Å²) in [7, 11) is 0. The summed E-state index contributed by atoms with van der Waals surface area (Å²) in [5.74, 6) is -5.23. The molecule has 2 aromatic carbocycles. The Bertz CT molecular complexity index is 1600. The zero-order valence-electron chi connectivity index (χ0n) is 23.5. The number of hydrogen-bond donors (Lipinski definition) is 8. The molecule has 2 heterocycles. The molecule has 0 radical (unpaired) electrons. The molecule has 4 aromatic rings. The van der Waals surface area contributed by atoms with Crippen molar-refractivity contribution in [2.24, 2.45) is 5.73 Å². The fourth-order valence-electron chi connectivity index (χ4n) is 4.71. The molecule has 4 rings (SSSR count). The second kappa shape index (κ2) is 14.6. The molecule has 0 fully saturated rings. The van der Waals surface area contributed by atoms with Gasteiger partial charge in [0.1, 0.15) is 18.1 Å². The fourth-order valence-corrected chi connectivity index (χ4v) is 4.71. The van der Waals surface area contributed by atoms with E-state index in [0.717, 1.165) is 16.5 Å². The highest BCUT2D eigenvalue weighted by Gasteiger charge is 2.32. The first-order chi connectivity index (χ1) is 21.1. The van der Waals surface area contributed by atoms with Gasteiger partial charge in [-0.1, -0.05) is 48.5 Å². The highest BCUT2D eigenvalue weighted by molar-refractivity contribution is 5.95. The Morgan fingerprint density at radius 2 is 1.41 bits per heavy atom. The highest BCUT2D eigenvalue weighted by Crippen LogP contribution is 2.19. The SMILES string of the molecule is NC(Cc1ccccc1)C(=O)NC(Cc1cnc[nH]1)C(=O)NC(Cc1c[nH]c2ccccc12)C(=O)NC(CC(=O)O)C(=O)O. The van der Waals surface area contributed by atoms with Crippen molar-refractivity contribution >= 4 is 40.6 Å². The first-order valence-electron chi connectivity index (χ1n) is 13.8. The van der Waals surface area contributed by atoms with Crippen LogP contribution >= 0.6 is 0 Å². The maximum Gasteiger partial charge on any atom is 0.326 e. The van der Waals surface area contributed by atoms with Crippen molar-refractivity contribution in [3.63, 3.8) is 0 Å². The van der Waals surface area contributed by atoms with E-state index in [1.54, 1.807) is 12.3 Å². The Hall–Kier alpha value is -5.50. The van der Waals surface area contributed by atoms with Gasteiger partial charge >= 0.3 is 11.9 Å². The molecule has 44 heavy (non-hydrogen) atoms. The van der Waals surface area contributed by atoms with Crippen LogP contribution in [0.15, 0.2) is 73.3 Å². The molecule has 3 amide bonds. The topological polar surface area (TPSA) is 232 Å². The van der Waals surface area contributed by atoms with E-state index in [2.05, 4.69) is 30.9 Å². The molecule has 0 saturated heterocycles. The Balaban J connectivity index is 1.57. The molecule has 0 aliphatic rings. The third-order valence-corrected chi connectivity index (χ3v) is 6.97. The molecule has 14 nitrogen and oxygen atoms in total. The number of imidazole rings is 1. The number of amides is 3. The van der Waals surface area contributed by atoms with Crippen LogP contribution in [0, 0.1) is 0 Å². The number of carbonyl (C=O) groups is 5. The molecular weight excluding hydrogens is 570 g/mol. The molecule has 0 spiro atoms. The lowest BCUT2D eigenvalue weighted by molar-refractivity contribution is -0.147. The largest absolute Gasteiger partial charge is 0.481 e. The van der Waals surface area contributed by atoms with Gasteiger partial charge in [0.05, 0.1) is 18.8 Å². The van der Waals surface area contributed by atoms with Gasteiger partial charge in [-0.3, -0.25) is 19.2 Å². The summed E-state index contributed by atoms with van der Waals surface area (Å²) in [6, 6.07) is 11.1. The molecule has 230 valence electrons. The average Bonchev–Trinajstić information content (AvgIpc) is 3.66. The van der Waals surface area contributed by atoms with E-state index in [1.165, 1.54) is 12.5 Å². The maximum atomic E-state index is 13.7. The van der Waals surface area contributed by atoms with Crippen LogP contribution in [0.5, 0.6) is 0 Å². The number of aromatic amines is 2. The lowest BCUT2D eigenvalue weighted by atomic mass is 10.0. The highest BCUT2D eigenvalue weighted by atomic mass is 16.4. The first kappa shape index (κ1) is 31.4. The smallest absolute Gasteiger partial charge is 0.326 e. The van der Waals surface area contributed by atoms with Gasteiger partial charge in [-0.25, -0.2) is 9.78 Å². The minimum atomic E-state index is -1.74. The summed E-state index contributed by atoms with van der Waals surface area (Å²) >= 11 is 0. The van der Waals surface area contributed by atoms with Gasteiger partial charge in [0.2, 0.25) is 17.7 Å². The third-order valence-electron chi connectivity index (χ3n) is 6.97. The number of nitrogens with one attached hydrogen (secondary N) is 5. The summed E-state index contributed by atoms with van der Waals surface area (Å²) in [5, 5.41) is 26.9. The van der Waals surface area contributed by atoms with Gasteiger partial charge in [0.25, 0.3) is 0 Å². The number of nitrogens with two attached hydrogens (primary N) is 1. The van der Waals surface area contributed by atoms with Crippen LogP contribution in [0.3, 0.4) is 0 Å². The van der Waals surface area contributed by atoms with E-state index in [9.17, 15) is 29.1 Å². The number of fused-ring (bicyclic) bond motifs is 1. The van der Waals surface area contributed by atoms with Gasteiger partial charge in [-0.05, 0) is 23.6 Å². The first-order valence-corrected chi connectivity index (χ1v) is 13.8. The van der Waals surface area contributed by atoms with Crippen LogP contribution in [-0.4, -0.2) is 79.0 Å². The van der Waals surface area contributed by atoms with E-state index < -0.39 is 60.2 Å². The van der Waals surface area contributed by atoms with Crippen LogP contribution in [0.2, 0.25) is 0 Å². The van der Waals surface area contributed by atoms with E-state index >= 15 is 0 Å². The normalized spacial score (nSPS) is 13.8. The van der Waals surface area contributed by atoms with Gasteiger partial charge in [0, 0.05) is 41.8 Å². The van der Waals surface area contributed by atoms with E-state index in [-0.39, 0.29) is 19.3 Å². The number of aromatic nitrogens is 3. The zero-order valence-corrected chi connectivity index (χ0v) is 23.5. The van der Waals surface area contributed by atoms with Crippen LogP contribution in [0.25, 0.3) is 10.9 Å². The summed E-state index contributed by atoms with van der Waals surface area (Å²) in [6.45, 7) is 0. The van der Waals surface area contributed by atoms with Crippen molar-refractivity contribution in [2.75, 3.05) is 0 Å². The van der Waals surface area contributed by atoms with Crippen LogP contribution in [0.4, 0.5) is 0 Å². The van der Waals surface area contributed by atoms with Gasteiger partial charge in [-0.15, -0.1) is 0 Å². The minimum Gasteiger partial charge on any atom is -0.481 e. The predicted molar refractivity (Wildman–Crippen MR) is 158 cm³/mol. The Morgan fingerprint density at radius 3 is 2.07 bits per heavy atom. The van der Waals surface area contributed by atoms with Crippen LogP contribution in [0.1, 0.15) is 23.2 Å². The van der Waals surface area contributed by atoms with Crippen molar-refractivity contribution in [3.05, 3.63) is 90.1 Å². The summed E-state index contributed by atoms with van der Waals surface area (Å²) in [6.07, 6.45) is 3.82. The number of carbonyl (C=O) groups excluding carboxylic acids is 3. The standard InChI is InChI=1S/C30H33N7O7/c31-21(10-17-6-2-1-3-7-17)27(40)35-24(12-19-15-32-16-34-19)29(42)36-23(28(41)37-25(30(43)44)13-26(38)39)11-18-14-33-22-9-5-4-8-20(18)22/h1-9,14-16,21,23-25,33H,10-13,31H2,(H,32,34)(H,35,40)(H,36,42)(H,37,41)(H,38,39)(H,43,44). The maximum absolute atomic E-state index is 13.7. The van der Waals surface area contributed by atoms with E-state index in [1.807, 2.05) is 48.5 Å². The molecule has 2 aromatic heterocycles. The molecule has 4 atom stereocenters. The number of H-pyrrole nitrogens is 2. The lowest BCUT2D eigenvalue weighted by Gasteiger charge is -2.25. The van der Waals surface area contributed by atoms with E-state index in [4.69, 9.17) is 10.8 Å². The van der Waals surface area contributed by atoms with Crippen molar-refractivity contribution in [3.8, 4) is 0 Å². The summed E-state index contributed by atoms with van der Waals surface area (Å²) in [4.78, 5) is 73.0. The second-order valence-electron chi connectivity index (χ2n) is 10.3. The second-order valence-corrected chi connectivity index (χ2v) is 10.3. The van der Waals surface area contributed by atoms with Crippen LogP contribution < -0.4 is 21.7 Å². The predicted octanol–water partition coefficient (Wildman–Crippen LogP) is 0.260. The molecule has 0 aliphatic carbocycles. The van der Waals surface area contributed by atoms with Crippen molar-refractivity contribution in [2.45, 2.75) is 49.9 Å². The molecule has 0 saturated carbocycles. The molecular formula is C30H33N7O7. The zero-order chi connectivity index (χ0) is 31.6. The fraction of sp³-hybridized carbons (Fsp3) is 0.267. The molecule has 14 heteroatoms.